The fourth-order valence-corrected chi connectivity index (χ4v) is 3.07. The van der Waals surface area contributed by atoms with Gasteiger partial charge in [0.05, 0.1) is 12.0 Å². The highest BCUT2D eigenvalue weighted by atomic mass is 16.6. The summed E-state index contributed by atoms with van der Waals surface area (Å²) in [6, 6.07) is 13.4. The zero-order valence-corrected chi connectivity index (χ0v) is 17.0. The molecule has 7 heteroatoms. The number of carbonyl (C=O) groups excluding carboxylic acids is 3. The number of amides is 3. The van der Waals surface area contributed by atoms with Crippen molar-refractivity contribution in [3.8, 4) is 0 Å². The largest absolute Gasteiger partial charge is 0.444 e. The highest BCUT2D eigenvalue weighted by Gasteiger charge is 2.50. The predicted molar refractivity (Wildman–Crippen MR) is 111 cm³/mol. The summed E-state index contributed by atoms with van der Waals surface area (Å²) in [7, 11) is 0. The van der Waals surface area contributed by atoms with E-state index in [-0.39, 0.29) is 24.9 Å². The van der Waals surface area contributed by atoms with E-state index >= 15 is 0 Å². The first kappa shape index (κ1) is 20.6. The third-order valence-electron chi connectivity index (χ3n) is 4.78. The first-order valence-electron chi connectivity index (χ1n) is 9.71. The van der Waals surface area contributed by atoms with Crippen LogP contribution in [0.15, 0.2) is 42.5 Å². The van der Waals surface area contributed by atoms with E-state index in [0.29, 0.717) is 18.5 Å². The molecule has 0 atom stereocenters. The Hall–Kier alpha value is -3.09. The van der Waals surface area contributed by atoms with E-state index in [1.807, 2.05) is 42.5 Å². The van der Waals surface area contributed by atoms with Crippen LogP contribution >= 0.6 is 0 Å². The van der Waals surface area contributed by atoms with Gasteiger partial charge in [0.1, 0.15) is 5.60 Å². The van der Waals surface area contributed by atoms with Gasteiger partial charge in [0.25, 0.3) is 0 Å². The van der Waals surface area contributed by atoms with Crippen molar-refractivity contribution >= 4 is 34.4 Å². The van der Waals surface area contributed by atoms with Gasteiger partial charge in [-0.25, -0.2) is 4.79 Å². The lowest BCUT2D eigenvalue weighted by Crippen LogP contribution is -2.43. The summed E-state index contributed by atoms with van der Waals surface area (Å²) in [6.45, 7) is 5.40. The summed E-state index contributed by atoms with van der Waals surface area (Å²) in [5.74, 6) is -0.535. The molecule has 154 valence electrons. The van der Waals surface area contributed by atoms with Crippen molar-refractivity contribution in [2.45, 2.75) is 39.2 Å². The second-order valence-corrected chi connectivity index (χ2v) is 8.39. The van der Waals surface area contributed by atoms with Crippen LogP contribution in [0.5, 0.6) is 0 Å². The number of hydrogen-bond donors (Lipinski definition) is 3. The second-order valence-electron chi connectivity index (χ2n) is 8.39. The Morgan fingerprint density at radius 3 is 2.38 bits per heavy atom. The lowest BCUT2D eigenvalue weighted by Gasteiger charge is -2.21. The summed E-state index contributed by atoms with van der Waals surface area (Å²) in [5.41, 5.74) is -0.547. The number of rotatable bonds is 6. The van der Waals surface area contributed by atoms with Crippen LogP contribution in [-0.2, 0) is 14.3 Å². The molecule has 7 nitrogen and oxygen atoms in total. The molecule has 29 heavy (non-hydrogen) atoms. The zero-order valence-electron chi connectivity index (χ0n) is 17.0. The minimum Gasteiger partial charge on any atom is -0.444 e. The van der Waals surface area contributed by atoms with Gasteiger partial charge in [-0.3, -0.25) is 9.59 Å². The average Bonchev–Trinajstić information content (AvgIpc) is 3.45. The molecule has 0 aromatic heterocycles. The van der Waals surface area contributed by atoms with Gasteiger partial charge < -0.3 is 20.7 Å². The molecule has 3 N–H and O–H groups in total. The summed E-state index contributed by atoms with van der Waals surface area (Å²) < 4.78 is 5.19. The van der Waals surface area contributed by atoms with Crippen LogP contribution in [0.25, 0.3) is 10.8 Å². The Bertz CT molecular complexity index is 924. The van der Waals surface area contributed by atoms with Gasteiger partial charge in [0.2, 0.25) is 11.8 Å². The Labute approximate surface area is 170 Å². The van der Waals surface area contributed by atoms with E-state index in [9.17, 15) is 14.4 Å². The van der Waals surface area contributed by atoms with Crippen LogP contribution in [0.3, 0.4) is 0 Å². The molecule has 1 fully saturated rings. The van der Waals surface area contributed by atoms with Crippen LogP contribution in [0, 0.1) is 5.41 Å². The predicted octanol–water partition coefficient (Wildman–Crippen LogP) is 3.20. The summed E-state index contributed by atoms with van der Waals surface area (Å²) in [5, 5.41) is 10.1. The molecule has 0 unspecified atom stereocenters. The zero-order chi connectivity index (χ0) is 21.1. The van der Waals surface area contributed by atoms with Gasteiger partial charge in [-0.1, -0.05) is 36.4 Å². The summed E-state index contributed by atoms with van der Waals surface area (Å²) in [6.07, 6.45) is 0.782. The molecular formula is C22H27N3O4. The molecular weight excluding hydrogens is 370 g/mol. The molecule has 0 bridgehead atoms. The van der Waals surface area contributed by atoms with Crippen LogP contribution in [0.2, 0.25) is 0 Å². The van der Waals surface area contributed by atoms with Gasteiger partial charge in [0.15, 0.2) is 0 Å². The maximum atomic E-state index is 12.5. The van der Waals surface area contributed by atoms with Gasteiger partial charge >= 0.3 is 6.09 Å². The standard InChI is InChI=1S/C22H27N3O4/c1-21(2,3)29-20(28)24-14-22(11-12-22)19(27)23-13-18(26)25-17-10-6-8-15-7-4-5-9-16(15)17/h4-10H,11-14H2,1-3H3,(H,23,27)(H,24,28)(H,25,26). The molecule has 3 amide bonds. The van der Waals surface area contributed by atoms with E-state index in [2.05, 4.69) is 16.0 Å². The van der Waals surface area contributed by atoms with Crippen molar-refractivity contribution in [1.82, 2.24) is 10.6 Å². The Balaban J connectivity index is 1.50. The SMILES string of the molecule is CC(C)(C)OC(=O)NCC1(C(=O)NCC(=O)Nc2cccc3ccccc23)CC1. The molecule has 0 saturated heterocycles. The van der Waals surface area contributed by atoms with Gasteiger partial charge in [-0.05, 0) is 45.1 Å². The molecule has 0 aliphatic heterocycles. The highest BCUT2D eigenvalue weighted by Crippen LogP contribution is 2.45. The van der Waals surface area contributed by atoms with Crippen molar-refractivity contribution < 1.29 is 19.1 Å². The quantitative estimate of drug-likeness (QED) is 0.697. The monoisotopic (exact) mass is 397 g/mol. The van der Waals surface area contributed by atoms with Crippen molar-refractivity contribution in [3.63, 3.8) is 0 Å². The fraction of sp³-hybridized carbons (Fsp3) is 0.409. The lowest BCUT2D eigenvalue weighted by molar-refractivity contribution is -0.128. The van der Waals surface area contributed by atoms with Gasteiger partial charge in [0, 0.05) is 17.6 Å². The van der Waals surface area contributed by atoms with Crippen LogP contribution in [0.4, 0.5) is 10.5 Å². The average molecular weight is 397 g/mol. The third-order valence-corrected chi connectivity index (χ3v) is 4.78. The molecule has 0 spiro atoms. The van der Waals surface area contributed by atoms with Crippen molar-refractivity contribution in [2.24, 2.45) is 5.41 Å². The molecule has 1 aliphatic rings. The molecule has 2 aromatic carbocycles. The number of nitrogens with one attached hydrogen (secondary N) is 3. The lowest BCUT2D eigenvalue weighted by atomic mass is 10.1. The van der Waals surface area contributed by atoms with Crippen molar-refractivity contribution in [2.75, 3.05) is 18.4 Å². The smallest absolute Gasteiger partial charge is 0.407 e. The number of alkyl carbamates (subject to hydrolysis) is 1. The molecule has 0 radical (unpaired) electrons. The molecule has 1 saturated carbocycles. The minimum atomic E-state index is -0.656. The highest BCUT2D eigenvalue weighted by molar-refractivity contribution is 6.03. The number of carbonyl (C=O) groups is 3. The number of anilines is 1. The summed E-state index contributed by atoms with van der Waals surface area (Å²) >= 11 is 0. The van der Waals surface area contributed by atoms with E-state index in [1.165, 1.54) is 0 Å². The van der Waals surface area contributed by atoms with E-state index < -0.39 is 17.1 Å². The maximum Gasteiger partial charge on any atom is 0.407 e. The summed E-state index contributed by atoms with van der Waals surface area (Å²) in [4.78, 5) is 36.6. The molecule has 1 aliphatic carbocycles. The van der Waals surface area contributed by atoms with E-state index in [1.54, 1.807) is 20.8 Å². The normalized spacial score (nSPS) is 14.7. The topological polar surface area (TPSA) is 96.5 Å². The fourth-order valence-electron chi connectivity index (χ4n) is 3.07. The Kier molecular flexibility index (Phi) is 5.77. The minimum absolute atomic E-state index is 0.129. The first-order valence-corrected chi connectivity index (χ1v) is 9.71. The van der Waals surface area contributed by atoms with Gasteiger partial charge in [-0.2, -0.15) is 0 Å². The van der Waals surface area contributed by atoms with E-state index in [4.69, 9.17) is 4.74 Å². The third kappa shape index (κ3) is 5.47. The van der Waals surface area contributed by atoms with Crippen molar-refractivity contribution in [1.29, 1.82) is 0 Å². The van der Waals surface area contributed by atoms with Crippen molar-refractivity contribution in [3.05, 3.63) is 42.5 Å². The second kappa shape index (κ2) is 8.11. The van der Waals surface area contributed by atoms with Gasteiger partial charge in [-0.15, -0.1) is 0 Å². The molecule has 3 rings (SSSR count). The van der Waals surface area contributed by atoms with Crippen LogP contribution < -0.4 is 16.0 Å². The Morgan fingerprint density at radius 2 is 1.69 bits per heavy atom. The molecule has 0 heterocycles. The van der Waals surface area contributed by atoms with Crippen LogP contribution in [-0.4, -0.2) is 36.6 Å². The number of fused-ring (bicyclic) bond motifs is 1. The number of hydrogen-bond acceptors (Lipinski definition) is 4. The maximum absolute atomic E-state index is 12.5. The first-order chi connectivity index (χ1) is 13.7. The number of benzene rings is 2. The molecule has 2 aromatic rings. The Morgan fingerprint density at radius 1 is 1.00 bits per heavy atom. The van der Waals surface area contributed by atoms with Crippen LogP contribution in [0.1, 0.15) is 33.6 Å². The number of ether oxygens (including phenoxy) is 1. The van der Waals surface area contributed by atoms with E-state index in [0.717, 1.165) is 10.8 Å².